The molecule has 1 aliphatic heterocycles. The minimum atomic E-state index is -3.62. The molecule has 3 heterocycles. The lowest BCUT2D eigenvalue weighted by Crippen LogP contribution is -2.17. The fourth-order valence-electron chi connectivity index (χ4n) is 3.91. The molecule has 0 N–H and O–H groups in total. The third-order valence-electron chi connectivity index (χ3n) is 5.59. The molecular formula is C25H19FN2O3S2. The maximum Gasteiger partial charge on any atom is 0.254 e. The number of carbonyl (C=O) groups excluding carboxylic acids is 1. The zero-order valence-electron chi connectivity index (χ0n) is 17.7. The van der Waals surface area contributed by atoms with Gasteiger partial charge in [-0.25, -0.2) is 12.8 Å². The summed E-state index contributed by atoms with van der Waals surface area (Å²) in [6.45, 7) is 0.606. The van der Waals surface area contributed by atoms with Crippen LogP contribution < -0.4 is 0 Å². The molecular weight excluding hydrogens is 459 g/mol. The first-order valence-electron chi connectivity index (χ1n) is 10.2. The lowest BCUT2D eigenvalue weighted by atomic mass is 10.1. The second kappa shape index (κ2) is 8.20. The maximum atomic E-state index is 13.1. The van der Waals surface area contributed by atoms with Crippen molar-refractivity contribution in [2.24, 2.45) is 0 Å². The zero-order valence-corrected chi connectivity index (χ0v) is 19.3. The average Bonchev–Trinajstić information content (AvgIpc) is 3.39. The van der Waals surface area contributed by atoms with Crippen molar-refractivity contribution in [3.8, 4) is 20.9 Å². The minimum Gasteiger partial charge on any atom is -0.337 e. The van der Waals surface area contributed by atoms with E-state index in [-0.39, 0.29) is 16.6 Å². The number of hydrogen-bond donors (Lipinski definition) is 0. The first kappa shape index (κ1) is 21.5. The summed E-state index contributed by atoms with van der Waals surface area (Å²) in [5.74, 6) is -0.653. The average molecular weight is 479 g/mol. The van der Waals surface area contributed by atoms with Gasteiger partial charge in [0.05, 0.1) is 10.6 Å². The second-order valence-corrected chi connectivity index (χ2v) is 11.1. The Bertz CT molecular complexity index is 1480. The van der Waals surface area contributed by atoms with Gasteiger partial charge in [-0.2, -0.15) is 0 Å². The third kappa shape index (κ3) is 4.19. The van der Waals surface area contributed by atoms with Gasteiger partial charge in [-0.1, -0.05) is 6.07 Å². The fourth-order valence-corrected chi connectivity index (χ4v) is 6.21. The molecule has 4 aromatic rings. The van der Waals surface area contributed by atoms with Gasteiger partial charge in [0.1, 0.15) is 5.82 Å². The van der Waals surface area contributed by atoms with Crippen LogP contribution in [0.2, 0.25) is 0 Å². The van der Waals surface area contributed by atoms with E-state index in [1.54, 1.807) is 29.5 Å². The Morgan fingerprint density at radius 2 is 1.70 bits per heavy atom. The van der Waals surface area contributed by atoms with Crippen molar-refractivity contribution in [1.82, 2.24) is 9.88 Å². The number of aromatic nitrogens is 1. The number of fused-ring (bicyclic) bond motifs is 1. The van der Waals surface area contributed by atoms with Gasteiger partial charge in [0, 0.05) is 46.9 Å². The highest BCUT2D eigenvalue weighted by Crippen LogP contribution is 2.36. The van der Waals surface area contributed by atoms with Crippen molar-refractivity contribution < 1.29 is 17.6 Å². The van der Waals surface area contributed by atoms with E-state index in [4.69, 9.17) is 0 Å². The molecule has 33 heavy (non-hydrogen) atoms. The Morgan fingerprint density at radius 1 is 0.970 bits per heavy atom. The van der Waals surface area contributed by atoms with E-state index in [0.29, 0.717) is 12.1 Å². The van der Waals surface area contributed by atoms with Crippen molar-refractivity contribution in [3.63, 3.8) is 0 Å². The number of nitrogens with zero attached hydrogens (tertiary/aromatic N) is 2. The van der Waals surface area contributed by atoms with Gasteiger partial charge in [-0.3, -0.25) is 9.78 Å². The van der Waals surface area contributed by atoms with Crippen molar-refractivity contribution >= 4 is 27.1 Å². The summed E-state index contributed by atoms with van der Waals surface area (Å²) in [5, 5.41) is 0. The van der Waals surface area contributed by atoms with Crippen molar-refractivity contribution in [1.29, 1.82) is 0 Å². The molecule has 8 heteroatoms. The predicted molar refractivity (Wildman–Crippen MR) is 126 cm³/mol. The molecule has 0 fully saturated rings. The SMILES string of the molecule is CN1Cc2cc(-c3ccc(-c4cncc(CS(=O)(=O)c5ccc(F)cc5)c4)s3)ccc2C1=O. The van der Waals surface area contributed by atoms with Crippen molar-refractivity contribution in [3.05, 3.63) is 95.6 Å². The van der Waals surface area contributed by atoms with Crippen molar-refractivity contribution in [2.45, 2.75) is 17.2 Å². The summed E-state index contributed by atoms with van der Waals surface area (Å²) >= 11 is 1.58. The molecule has 0 atom stereocenters. The third-order valence-corrected chi connectivity index (χ3v) is 8.48. The summed E-state index contributed by atoms with van der Waals surface area (Å²) in [6.07, 6.45) is 3.24. The Balaban J connectivity index is 1.40. The van der Waals surface area contributed by atoms with Crippen LogP contribution in [-0.2, 0) is 22.1 Å². The molecule has 2 aromatic carbocycles. The Morgan fingerprint density at radius 3 is 2.45 bits per heavy atom. The summed E-state index contributed by atoms with van der Waals surface area (Å²) in [4.78, 5) is 20.2. The number of hydrogen-bond acceptors (Lipinski definition) is 5. The topological polar surface area (TPSA) is 67.3 Å². The van der Waals surface area contributed by atoms with Crippen LogP contribution in [0.4, 0.5) is 4.39 Å². The largest absolute Gasteiger partial charge is 0.337 e. The van der Waals surface area contributed by atoms with Crippen LogP contribution >= 0.6 is 11.3 Å². The molecule has 2 aromatic heterocycles. The van der Waals surface area contributed by atoms with Gasteiger partial charge in [-0.15, -0.1) is 11.3 Å². The zero-order chi connectivity index (χ0) is 23.2. The summed E-state index contributed by atoms with van der Waals surface area (Å²) < 4.78 is 38.6. The molecule has 5 nitrogen and oxygen atoms in total. The van der Waals surface area contributed by atoms with Crippen LogP contribution in [0, 0.1) is 5.82 Å². The van der Waals surface area contributed by atoms with Gasteiger partial charge in [0.25, 0.3) is 5.91 Å². The van der Waals surface area contributed by atoms with Crippen LogP contribution in [0.5, 0.6) is 0 Å². The number of pyridine rings is 1. The Hall–Kier alpha value is -3.36. The number of sulfone groups is 1. The normalized spacial score (nSPS) is 13.4. The Labute approximate surface area is 195 Å². The number of rotatable bonds is 5. The van der Waals surface area contributed by atoms with E-state index in [2.05, 4.69) is 11.1 Å². The molecule has 0 saturated heterocycles. The first-order chi connectivity index (χ1) is 15.8. The second-order valence-electron chi connectivity index (χ2n) is 7.99. The number of amides is 1. The lowest BCUT2D eigenvalue weighted by Gasteiger charge is -2.06. The van der Waals surface area contributed by atoms with E-state index >= 15 is 0 Å². The molecule has 0 spiro atoms. The van der Waals surface area contributed by atoms with E-state index < -0.39 is 15.7 Å². The lowest BCUT2D eigenvalue weighted by molar-refractivity contribution is 0.0816. The highest BCUT2D eigenvalue weighted by molar-refractivity contribution is 7.90. The van der Waals surface area contributed by atoms with Crippen LogP contribution in [0.1, 0.15) is 21.5 Å². The summed E-state index contributed by atoms with van der Waals surface area (Å²) in [7, 11) is -1.82. The number of benzene rings is 2. The number of thiophene rings is 1. The standard InChI is InChI=1S/C25H19FN2O3S2/c1-28-14-19-11-17(2-7-22(19)25(28)29)23-8-9-24(32-23)18-10-16(12-27-13-18)15-33(30,31)21-5-3-20(26)4-6-21/h2-13H,14-15H2,1H3. The van der Waals surface area contributed by atoms with Crippen LogP contribution in [0.15, 0.2) is 78.0 Å². The number of carbonyl (C=O) groups is 1. The predicted octanol–water partition coefficient (Wildman–Crippen LogP) is 5.18. The molecule has 1 amide bonds. The van der Waals surface area contributed by atoms with Gasteiger partial charge in [0.15, 0.2) is 9.84 Å². The quantitative estimate of drug-likeness (QED) is 0.371. The molecule has 0 aliphatic carbocycles. The van der Waals surface area contributed by atoms with E-state index in [9.17, 15) is 17.6 Å². The molecule has 0 radical (unpaired) electrons. The monoisotopic (exact) mass is 478 g/mol. The van der Waals surface area contributed by atoms with Crippen LogP contribution in [0.25, 0.3) is 20.9 Å². The molecule has 0 saturated carbocycles. The van der Waals surface area contributed by atoms with Gasteiger partial charge in [-0.05, 0) is 71.3 Å². The minimum absolute atomic E-state index is 0.0434. The number of halogens is 1. The smallest absolute Gasteiger partial charge is 0.254 e. The summed E-state index contributed by atoms with van der Waals surface area (Å²) in [6, 6.07) is 16.5. The summed E-state index contributed by atoms with van der Waals surface area (Å²) in [5.41, 5.74) is 4.19. The van der Waals surface area contributed by atoms with Gasteiger partial charge < -0.3 is 4.90 Å². The van der Waals surface area contributed by atoms with Crippen LogP contribution in [0.3, 0.4) is 0 Å². The first-order valence-corrected chi connectivity index (χ1v) is 12.7. The molecule has 0 bridgehead atoms. The van der Waals surface area contributed by atoms with Gasteiger partial charge >= 0.3 is 0 Å². The van der Waals surface area contributed by atoms with Crippen molar-refractivity contribution in [2.75, 3.05) is 7.05 Å². The molecule has 166 valence electrons. The van der Waals surface area contributed by atoms with Gasteiger partial charge in [0.2, 0.25) is 0 Å². The highest BCUT2D eigenvalue weighted by Gasteiger charge is 2.24. The van der Waals surface area contributed by atoms with E-state index in [0.717, 1.165) is 44.1 Å². The molecule has 0 unspecified atom stereocenters. The highest BCUT2D eigenvalue weighted by atomic mass is 32.2. The van der Waals surface area contributed by atoms with E-state index in [1.165, 1.54) is 18.3 Å². The molecule has 5 rings (SSSR count). The van der Waals surface area contributed by atoms with E-state index in [1.807, 2.05) is 30.3 Å². The molecule has 1 aliphatic rings. The Kier molecular flexibility index (Phi) is 5.34. The van der Waals surface area contributed by atoms with Crippen LogP contribution in [-0.4, -0.2) is 31.3 Å². The maximum absolute atomic E-state index is 13.1. The fraction of sp³-hybridized carbons (Fsp3) is 0.120.